The van der Waals surface area contributed by atoms with Crippen molar-refractivity contribution >= 4 is 17.6 Å². The zero-order valence-electron chi connectivity index (χ0n) is 14.2. The van der Waals surface area contributed by atoms with E-state index in [4.69, 9.17) is 9.15 Å². The highest BCUT2D eigenvalue weighted by Crippen LogP contribution is 2.26. The van der Waals surface area contributed by atoms with E-state index in [1.54, 1.807) is 26.2 Å². The smallest absolute Gasteiger partial charge is 0.278 e. The van der Waals surface area contributed by atoms with Crippen molar-refractivity contribution in [2.45, 2.75) is 18.8 Å². The average Bonchev–Trinajstić information content (AvgIpc) is 3.13. The topological polar surface area (TPSA) is 97.6 Å². The molecule has 1 saturated heterocycles. The maximum atomic E-state index is 12.3. The number of anilines is 1. The first-order valence-electron chi connectivity index (χ1n) is 8.07. The normalized spacial score (nSPS) is 15.0. The number of nitrogens with zero attached hydrogens (tertiary/aromatic N) is 3. The van der Waals surface area contributed by atoms with Crippen molar-refractivity contribution in [1.29, 1.82) is 0 Å². The highest BCUT2D eigenvalue weighted by atomic mass is 16.5. The molecule has 1 fully saturated rings. The Kier molecular flexibility index (Phi) is 5.08. The number of rotatable bonds is 4. The van der Waals surface area contributed by atoms with Gasteiger partial charge in [-0.05, 0) is 25.0 Å². The van der Waals surface area contributed by atoms with Crippen LogP contribution < -0.4 is 5.32 Å². The van der Waals surface area contributed by atoms with E-state index in [9.17, 15) is 9.59 Å². The minimum Gasteiger partial charge on any atom is -0.448 e. The lowest BCUT2D eigenvalue weighted by molar-refractivity contribution is 0.0794. The summed E-state index contributed by atoms with van der Waals surface area (Å²) in [5, 5.41) is 2.65. The summed E-state index contributed by atoms with van der Waals surface area (Å²) < 4.78 is 10.8. The van der Waals surface area contributed by atoms with Crippen LogP contribution in [0.15, 0.2) is 29.0 Å². The lowest BCUT2D eigenvalue weighted by Crippen LogP contribution is -2.22. The van der Waals surface area contributed by atoms with E-state index >= 15 is 0 Å². The average molecular weight is 344 g/mol. The van der Waals surface area contributed by atoms with Crippen molar-refractivity contribution in [1.82, 2.24) is 14.9 Å². The number of hydrogen-bond acceptors (Lipinski definition) is 6. The fraction of sp³-hybridized carbons (Fsp3) is 0.412. The van der Waals surface area contributed by atoms with Gasteiger partial charge in [0, 0.05) is 39.4 Å². The summed E-state index contributed by atoms with van der Waals surface area (Å²) in [6.45, 7) is 1.35. The highest BCUT2D eigenvalue weighted by Gasteiger charge is 2.22. The molecule has 0 unspecified atom stereocenters. The van der Waals surface area contributed by atoms with Gasteiger partial charge in [0.1, 0.15) is 12.1 Å². The van der Waals surface area contributed by atoms with E-state index in [0.717, 1.165) is 12.8 Å². The van der Waals surface area contributed by atoms with Crippen LogP contribution in [0, 0.1) is 0 Å². The van der Waals surface area contributed by atoms with Crippen LogP contribution in [0.2, 0.25) is 0 Å². The van der Waals surface area contributed by atoms with Gasteiger partial charge < -0.3 is 19.4 Å². The van der Waals surface area contributed by atoms with Crippen LogP contribution in [-0.4, -0.2) is 54.0 Å². The third-order valence-electron chi connectivity index (χ3n) is 3.98. The summed E-state index contributed by atoms with van der Waals surface area (Å²) in [5.41, 5.74) is 0.656. The van der Waals surface area contributed by atoms with Crippen LogP contribution in [0.1, 0.15) is 45.5 Å². The first-order valence-corrected chi connectivity index (χ1v) is 8.07. The zero-order valence-corrected chi connectivity index (χ0v) is 14.2. The lowest BCUT2D eigenvalue weighted by atomic mass is 10.0. The SMILES string of the molecule is CN(C)C(=O)c1ccc(NC(=O)c2coc(C3CCOCC3)n2)nc1. The fourth-order valence-electron chi connectivity index (χ4n) is 2.56. The maximum absolute atomic E-state index is 12.3. The molecular formula is C17H20N4O4. The Morgan fingerprint density at radius 3 is 2.64 bits per heavy atom. The molecular weight excluding hydrogens is 324 g/mol. The van der Waals surface area contributed by atoms with Gasteiger partial charge >= 0.3 is 0 Å². The third-order valence-corrected chi connectivity index (χ3v) is 3.98. The van der Waals surface area contributed by atoms with Gasteiger partial charge in [0.2, 0.25) is 0 Å². The van der Waals surface area contributed by atoms with Crippen molar-refractivity contribution in [2.24, 2.45) is 0 Å². The fourth-order valence-corrected chi connectivity index (χ4v) is 2.56. The van der Waals surface area contributed by atoms with Gasteiger partial charge in [-0.25, -0.2) is 9.97 Å². The molecule has 2 amide bonds. The van der Waals surface area contributed by atoms with E-state index in [-0.39, 0.29) is 17.5 Å². The number of carbonyl (C=O) groups is 2. The van der Waals surface area contributed by atoms with Gasteiger partial charge in [0.15, 0.2) is 11.6 Å². The number of amides is 2. The van der Waals surface area contributed by atoms with Crippen molar-refractivity contribution in [3.05, 3.63) is 41.7 Å². The van der Waals surface area contributed by atoms with E-state index in [1.807, 2.05) is 0 Å². The van der Waals surface area contributed by atoms with Crippen LogP contribution >= 0.6 is 0 Å². The summed E-state index contributed by atoms with van der Waals surface area (Å²) >= 11 is 0. The van der Waals surface area contributed by atoms with Gasteiger partial charge in [-0.2, -0.15) is 0 Å². The molecule has 0 spiro atoms. The van der Waals surface area contributed by atoms with Gasteiger partial charge in [-0.1, -0.05) is 0 Å². The second-order valence-corrected chi connectivity index (χ2v) is 6.04. The summed E-state index contributed by atoms with van der Waals surface area (Å²) in [5.74, 6) is 0.540. The second-order valence-electron chi connectivity index (χ2n) is 6.04. The quantitative estimate of drug-likeness (QED) is 0.910. The maximum Gasteiger partial charge on any atom is 0.278 e. The Labute approximate surface area is 145 Å². The molecule has 3 heterocycles. The molecule has 0 atom stereocenters. The molecule has 3 rings (SSSR count). The molecule has 0 aliphatic carbocycles. The molecule has 0 radical (unpaired) electrons. The number of ether oxygens (including phenoxy) is 1. The molecule has 0 saturated carbocycles. The van der Waals surface area contributed by atoms with Crippen molar-refractivity contribution in [3.63, 3.8) is 0 Å². The van der Waals surface area contributed by atoms with Crippen LogP contribution in [0.4, 0.5) is 5.82 Å². The van der Waals surface area contributed by atoms with E-state index < -0.39 is 5.91 Å². The van der Waals surface area contributed by atoms with E-state index in [1.165, 1.54) is 17.4 Å². The van der Waals surface area contributed by atoms with Crippen LogP contribution in [0.5, 0.6) is 0 Å². The number of aromatic nitrogens is 2. The predicted molar refractivity (Wildman–Crippen MR) is 89.5 cm³/mol. The lowest BCUT2D eigenvalue weighted by Gasteiger charge is -2.18. The van der Waals surface area contributed by atoms with Gasteiger partial charge in [0.05, 0.1) is 5.56 Å². The Balaban J connectivity index is 1.64. The number of oxazole rings is 1. The highest BCUT2D eigenvalue weighted by molar-refractivity contribution is 6.02. The molecule has 1 aliphatic rings. The van der Waals surface area contributed by atoms with Gasteiger partial charge in [-0.15, -0.1) is 0 Å². The molecule has 132 valence electrons. The molecule has 1 aliphatic heterocycles. The summed E-state index contributed by atoms with van der Waals surface area (Å²) in [6.07, 6.45) is 4.45. The van der Waals surface area contributed by atoms with Gasteiger partial charge in [0.25, 0.3) is 11.8 Å². The van der Waals surface area contributed by atoms with E-state index in [0.29, 0.717) is 30.5 Å². The minimum absolute atomic E-state index is 0.150. The molecule has 25 heavy (non-hydrogen) atoms. The van der Waals surface area contributed by atoms with Crippen LogP contribution in [-0.2, 0) is 4.74 Å². The standard InChI is InChI=1S/C17H20N4O4/c1-21(2)17(23)12-3-4-14(18-9-12)20-15(22)13-10-25-16(19-13)11-5-7-24-8-6-11/h3-4,9-11H,5-8H2,1-2H3,(H,18,20,22). The molecule has 2 aromatic heterocycles. The summed E-state index contributed by atoms with van der Waals surface area (Å²) in [4.78, 5) is 33.9. The predicted octanol–water partition coefficient (Wildman–Crippen LogP) is 1.92. The molecule has 8 heteroatoms. The third kappa shape index (κ3) is 4.03. The minimum atomic E-state index is -0.402. The summed E-state index contributed by atoms with van der Waals surface area (Å²) in [7, 11) is 3.33. The molecule has 1 N–H and O–H groups in total. The van der Waals surface area contributed by atoms with Gasteiger partial charge in [-0.3, -0.25) is 9.59 Å². The molecule has 0 aromatic carbocycles. The van der Waals surface area contributed by atoms with Crippen molar-refractivity contribution < 1.29 is 18.7 Å². The largest absolute Gasteiger partial charge is 0.448 e. The first kappa shape index (κ1) is 17.1. The Bertz CT molecular complexity index is 748. The first-order chi connectivity index (χ1) is 12.0. The van der Waals surface area contributed by atoms with Crippen molar-refractivity contribution in [3.8, 4) is 0 Å². The number of carbonyl (C=O) groups excluding carboxylic acids is 2. The van der Waals surface area contributed by atoms with Crippen LogP contribution in [0.3, 0.4) is 0 Å². The Hall–Kier alpha value is -2.74. The van der Waals surface area contributed by atoms with E-state index in [2.05, 4.69) is 15.3 Å². The Morgan fingerprint density at radius 2 is 2.00 bits per heavy atom. The second kappa shape index (κ2) is 7.43. The number of hydrogen-bond donors (Lipinski definition) is 1. The molecule has 2 aromatic rings. The zero-order chi connectivity index (χ0) is 17.8. The van der Waals surface area contributed by atoms with Crippen LogP contribution in [0.25, 0.3) is 0 Å². The Morgan fingerprint density at radius 1 is 1.24 bits per heavy atom. The number of nitrogens with one attached hydrogen (secondary N) is 1. The monoisotopic (exact) mass is 344 g/mol. The molecule has 8 nitrogen and oxygen atoms in total. The van der Waals surface area contributed by atoms with Crippen molar-refractivity contribution in [2.75, 3.05) is 32.6 Å². The number of pyridine rings is 1. The summed E-state index contributed by atoms with van der Waals surface area (Å²) in [6, 6.07) is 3.19. The molecule has 0 bridgehead atoms.